The van der Waals surface area contributed by atoms with Crippen molar-refractivity contribution in [2.75, 3.05) is 0 Å². The van der Waals surface area contributed by atoms with Crippen LogP contribution in [0.4, 0.5) is 0 Å². The molecule has 21 heavy (non-hydrogen) atoms. The quantitative estimate of drug-likeness (QED) is 0.609. The molecular formula is C18H41N3. The molecule has 0 amide bonds. The zero-order chi connectivity index (χ0) is 16.8. The first kappa shape index (κ1) is 20.9. The van der Waals surface area contributed by atoms with E-state index in [2.05, 4.69) is 85.2 Å². The molecule has 128 valence electrons. The highest BCUT2D eigenvalue weighted by molar-refractivity contribution is 4.80. The van der Waals surface area contributed by atoms with Crippen molar-refractivity contribution in [3.63, 3.8) is 0 Å². The molecule has 0 bridgehead atoms. The van der Waals surface area contributed by atoms with E-state index in [9.17, 15) is 0 Å². The highest BCUT2D eigenvalue weighted by Crippen LogP contribution is 2.22. The van der Waals surface area contributed by atoms with Crippen molar-refractivity contribution < 1.29 is 0 Å². The van der Waals surface area contributed by atoms with Crippen LogP contribution < -0.4 is 10.9 Å². The normalized spacial score (nSPS) is 15.0. The Morgan fingerprint density at radius 3 is 1.52 bits per heavy atom. The lowest BCUT2D eigenvalue weighted by Crippen LogP contribution is -2.63. The maximum Gasteiger partial charge on any atom is 0.0446 e. The molecule has 1 atom stereocenters. The van der Waals surface area contributed by atoms with Crippen LogP contribution in [-0.2, 0) is 0 Å². The molecule has 0 saturated heterocycles. The lowest BCUT2D eigenvalue weighted by molar-refractivity contribution is -0.0320. The maximum absolute atomic E-state index is 3.74. The Morgan fingerprint density at radius 2 is 1.24 bits per heavy atom. The number of hydrazine groups is 2. The molecule has 0 aromatic rings. The van der Waals surface area contributed by atoms with Crippen molar-refractivity contribution >= 4 is 0 Å². The van der Waals surface area contributed by atoms with Gasteiger partial charge in [0.15, 0.2) is 0 Å². The summed E-state index contributed by atoms with van der Waals surface area (Å²) in [5.74, 6) is 1.21. The van der Waals surface area contributed by atoms with Crippen LogP contribution in [0.2, 0.25) is 0 Å². The lowest BCUT2D eigenvalue weighted by Gasteiger charge is -2.43. The van der Waals surface area contributed by atoms with Gasteiger partial charge < -0.3 is 0 Å². The molecule has 0 aromatic heterocycles. The fraction of sp³-hybridized carbons (Fsp3) is 1.00. The highest BCUT2D eigenvalue weighted by Gasteiger charge is 2.30. The van der Waals surface area contributed by atoms with Crippen LogP contribution in [0, 0.1) is 17.3 Å². The molecular weight excluding hydrogens is 258 g/mol. The molecule has 0 aliphatic heterocycles. The van der Waals surface area contributed by atoms with Gasteiger partial charge in [-0.3, -0.25) is 0 Å². The molecule has 0 saturated carbocycles. The zero-order valence-corrected chi connectivity index (χ0v) is 16.2. The Kier molecular flexibility index (Phi) is 9.06. The minimum atomic E-state index is 0.242. The Labute approximate surface area is 134 Å². The molecule has 0 radical (unpaired) electrons. The molecule has 3 nitrogen and oxygen atoms in total. The van der Waals surface area contributed by atoms with Gasteiger partial charge in [-0.25, -0.2) is 10.9 Å². The van der Waals surface area contributed by atoms with E-state index < -0.39 is 0 Å². The van der Waals surface area contributed by atoms with E-state index in [0.717, 1.165) is 12.8 Å². The van der Waals surface area contributed by atoms with E-state index in [-0.39, 0.29) is 5.41 Å². The fourth-order valence-electron chi connectivity index (χ4n) is 2.65. The first-order valence-electron chi connectivity index (χ1n) is 8.86. The summed E-state index contributed by atoms with van der Waals surface area (Å²) in [7, 11) is 0. The van der Waals surface area contributed by atoms with Crippen LogP contribution >= 0.6 is 0 Å². The van der Waals surface area contributed by atoms with E-state index in [1.165, 1.54) is 0 Å². The van der Waals surface area contributed by atoms with Crippen LogP contribution in [-0.4, -0.2) is 23.2 Å². The second-order valence-electron chi connectivity index (χ2n) is 8.21. The Balaban J connectivity index is 5.15. The van der Waals surface area contributed by atoms with Gasteiger partial charge in [0.25, 0.3) is 0 Å². The molecule has 0 spiro atoms. The third kappa shape index (κ3) is 7.12. The number of nitrogens with zero attached hydrogens (tertiary/aromatic N) is 1. The summed E-state index contributed by atoms with van der Waals surface area (Å²) in [5.41, 5.74) is 7.72. The predicted octanol–water partition coefficient (Wildman–Crippen LogP) is 4.60. The SMILES string of the molecule is CCC(CC)NN(NC(C)C(C)(C)C)C(C(C)C)C(C)C. The summed E-state index contributed by atoms with van der Waals surface area (Å²) in [4.78, 5) is 0. The molecule has 0 aliphatic carbocycles. The summed E-state index contributed by atoms with van der Waals surface area (Å²) in [6.07, 6.45) is 2.31. The summed E-state index contributed by atoms with van der Waals surface area (Å²) in [6, 6.07) is 1.43. The third-order valence-corrected chi connectivity index (χ3v) is 4.60. The standard InChI is InChI=1S/C18H41N3/c1-11-16(12-2)20-21(17(13(3)4)14(5)6)19-15(7)18(8,9)10/h13-17,19-20H,11-12H2,1-10H3. The van der Waals surface area contributed by atoms with Crippen LogP contribution in [0.1, 0.15) is 82.1 Å². The first-order valence-corrected chi connectivity index (χ1v) is 8.86. The van der Waals surface area contributed by atoms with Crippen molar-refractivity contribution in [2.24, 2.45) is 17.3 Å². The molecule has 0 fully saturated rings. The maximum atomic E-state index is 3.74. The lowest BCUT2D eigenvalue weighted by atomic mass is 9.88. The number of nitrogens with one attached hydrogen (secondary N) is 2. The van der Waals surface area contributed by atoms with E-state index >= 15 is 0 Å². The molecule has 1 unspecified atom stereocenters. The second-order valence-corrected chi connectivity index (χ2v) is 8.21. The van der Waals surface area contributed by atoms with Crippen molar-refractivity contribution in [1.82, 2.24) is 16.0 Å². The minimum absolute atomic E-state index is 0.242. The molecule has 0 rings (SSSR count). The van der Waals surface area contributed by atoms with Gasteiger partial charge in [0.2, 0.25) is 0 Å². The van der Waals surface area contributed by atoms with Crippen molar-refractivity contribution in [3.8, 4) is 0 Å². The van der Waals surface area contributed by atoms with Crippen LogP contribution in [0.3, 0.4) is 0 Å². The van der Waals surface area contributed by atoms with E-state index in [1.54, 1.807) is 0 Å². The predicted molar refractivity (Wildman–Crippen MR) is 94.9 cm³/mol. The third-order valence-electron chi connectivity index (χ3n) is 4.60. The van der Waals surface area contributed by atoms with Gasteiger partial charge in [0.05, 0.1) is 0 Å². The molecule has 2 N–H and O–H groups in total. The van der Waals surface area contributed by atoms with E-state index in [0.29, 0.717) is 30.0 Å². The summed E-state index contributed by atoms with van der Waals surface area (Å²) < 4.78 is 0. The average molecular weight is 300 g/mol. The van der Waals surface area contributed by atoms with Gasteiger partial charge in [-0.2, -0.15) is 5.12 Å². The van der Waals surface area contributed by atoms with Gasteiger partial charge >= 0.3 is 0 Å². The van der Waals surface area contributed by atoms with Gasteiger partial charge in [0.1, 0.15) is 0 Å². The van der Waals surface area contributed by atoms with E-state index in [4.69, 9.17) is 0 Å². The Morgan fingerprint density at radius 1 is 0.810 bits per heavy atom. The fourth-order valence-corrected chi connectivity index (χ4v) is 2.65. The highest BCUT2D eigenvalue weighted by atomic mass is 15.7. The second kappa shape index (κ2) is 9.12. The molecule has 3 heteroatoms. The average Bonchev–Trinajstić information content (AvgIpc) is 2.33. The molecule has 0 aromatic carbocycles. The number of hydrogen-bond donors (Lipinski definition) is 2. The number of rotatable bonds is 9. The Bertz CT molecular complexity index is 256. The summed E-state index contributed by atoms with van der Waals surface area (Å²) >= 11 is 0. The largest absolute Gasteiger partial charge is 0.238 e. The van der Waals surface area contributed by atoms with Gasteiger partial charge in [-0.05, 0) is 37.0 Å². The monoisotopic (exact) mass is 299 g/mol. The van der Waals surface area contributed by atoms with Crippen molar-refractivity contribution in [2.45, 2.75) is 100 Å². The molecule has 0 heterocycles. The number of hydrogen-bond acceptors (Lipinski definition) is 3. The van der Waals surface area contributed by atoms with Crippen molar-refractivity contribution in [3.05, 3.63) is 0 Å². The zero-order valence-electron chi connectivity index (χ0n) is 16.2. The topological polar surface area (TPSA) is 27.3 Å². The van der Waals surface area contributed by atoms with E-state index in [1.807, 2.05) is 0 Å². The molecule has 0 aliphatic rings. The van der Waals surface area contributed by atoms with Crippen LogP contribution in [0.5, 0.6) is 0 Å². The van der Waals surface area contributed by atoms with Gasteiger partial charge in [-0.15, -0.1) is 0 Å². The Hall–Kier alpha value is -0.120. The van der Waals surface area contributed by atoms with Gasteiger partial charge in [-0.1, -0.05) is 62.3 Å². The smallest absolute Gasteiger partial charge is 0.0446 e. The summed E-state index contributed by atoms with van der Waals surface area (Å²) in [6.45, 7) is 22.9. The van der Waals surface area contributed by atoms with Gasteiger partial charge in [0, 0.05) is 18.1 Å². The van der Waals surface area contributed by atoms with Crippen LogP contribution in [0.15, 0.2) is 0 Å². The minimum Gasteiger partial charge on any atom is -0.238 e. The summed E-state index contributed by atoms with van der Waals surface area (Å²) in [5, 5.41) is 2.32. The van der Waals surface area contributed by atoms with Crippen LogP contribution in [0.25, 0.3) is 0 Å². The van der Waals surface area contributed by atoms with Crippen molar-refractivity contribution in [1.29, 1.82) is 0 Å². The first-order chi connectivity index (χ1) is 9.54.